The van der Waals surface area contributed by atoms with Gasteiger partial charge in [-0.1, -0.05) is 42.5 Å². The number of aryl methyl sites for hydroxylation is 1. The summed E-state index contributed by atoms with van der Waals surface area (Å²) < 4.78 is 29.1. The predicted octanol–water partition coefficient (Wildman–Crippen LogP) is 3.34. The predicted molar refractivity (Wildman–Crippen MR) is 130 cm³/mol. The van der Waals surface area contributed by atoms with Gasteiger partial charge >= 0.3 is 0 Å². The number of amides is 1. The van der Waals surface area contributed by atoms with Gasteiger partial charge < -0.3 is 9.64 Å². The maximum Gasteiger partial charge on any atom is 0.244 e. The summed E-state index contributed by atoms with van der Waals surface area (Å²) in [5.74, 6) is 1.85. The molecule has 4 rings (SSSR count). The van der Waals surface area contributed by atoms with Crippen LogP contribution in [0, 0.1) is 5.92 Å². The highest BCUT2D eigenvalue weighted by Gasteiger charge is 2.36. The molecule has 178 valence electrons. The highest BCUT2D eigenvalue weighted by atomic mass is 32.2. The molecule has 2 aliphatic heterocycles. The number of sulfone groups is 1. The third kappa shape index (κ3) is 6.15. The zero-order valence-electron chi connectivity index (χ0n) is 19.4. The first-order chi connectivity index (χ1) is 15.9. The van der Waals surface area contributed by atoms with Gasteiger partial charge in [-0.3, -0.25) is 9.69 Å². The molecule has 0 saturated carbocycles. The molecule has 1 unspecified atom stereocenters. The number of likely N-dealkylation sites (tertiary alicyclic amines) is 1. The van der Waals surface area contributed by atoms with Crippen LogP contribution in [0.3, 0.4) is 0 Å². The lowest BCUT2D eigenvalue weighted by Crippen LogP contribution is -2.50. The molecule has 2 aromatic rings. The molecule has 0 bridgehead atoms. The maximum atomic E-state index is 13.6. The van der Waals surface area contributed by atoms with Crippen LogP contribution in [0.1, 0.15) is 36.4 Å². The number of piperidine rings is 1. The second-order valence-corrected chi connectivity index (χ2v) is 11.5. The van der Waals surface area contributed by atoms with Crippen LogP contribution in [0.4, 0.5) is 0 Å². The molecule has 0 aromatic heterocycles. The summed E-state index contributed by atoms with van der Waals surface area (Å²) in [5.41, 5.74) is 2.27. The highest BCUT2D eigenvalue weighted by molar-refractivity contribution is 7.91. The van der Waals surface area contributed by atoms with Gasteiger partial charge in [-0.15, -0.1) is 0 Å². The number of methoxy groups -OCH3 is 1. The quantitative estimate of drug-likeness (QED) is 0.621. The van der Waals surface area contributed by atoms with Crippen LogP contribution >= 0.6 is 0 Å². The fraction of sp³-hybridized carbons (Fsp3) is 0.500. The molecule has 6 nitrogen and oxygen atoms in total. The minimum atomic E-state index is -3.00. The summed E-state index contributed by atoms with van der Waals surface area (Å²) in [7, 11) is -1.32. The number of hydrogen-bond donors (Lipinski definition) is 0. The lowest BCUT2D eigenvalue weighted by Gasteiger charge is -2.39. The summed E-state index contributed by atoms with van der Waals surface area (Å²) in [4.78, 5) is 17.7. The van der Waals surface area contributed by atoms with E-state index < -0.39 is 15.9 Å². The third-order valence-electron chi connectivity index (χ3n) is 7.02. The minimum absolute atomic E-state index is 0.106. The highest BCUT2D eigenvalue weighted by Crippen LogP contribution is 2.29. The van der Waals surface area contributed by atoms with E-state index in [9.17, 15) is 13.2 Å². The standard InChI is InChI=1S/C26H34N2O4S/c1-32-24-11-9-21(10-12-24)7-8-22-13-15-28(16-14-22)26(29)25(23-5-3-2-4-6-23)27-17-19-33(30,31)20-18-27/h2-6,9-12,22,25H,7-8,13-20H2,1H3. The second kappa shape index (κ2) is 10.7. The molecule has 1 atom stereocenters. The van der Waals surface area contributed by atoms with Crippen molar-refractivity contribution in [3.8, 4) is 5.75 Å². The first-order valence-electron chi connectivity index (χ1n) is 11.9. The lowest BCUT2D eigenvalue weighted by molar-refractivity contribution is -0.138. The Morgan fingerprint density at radius 1 is 0.970 bits per heavy atom. The van der Waals surface area contributed by atoms with Crippen LogP contribution in [0.25, 0.3) is 0 Å². The van der Waals surface area contributed by atoms with Crippen LogP contribution in [-0.4, -0.2) is 68.9 Å². The van der Waals surface area contributed by atoms with E-state index >= 15 is 0 Å². The number of ether oxygens (including phenoxy) is 1. The van der Waals surface area contributed by atoms with Crippen LogP contribution in [0.5, 0.6) is 5.75 Å². The Balaban J connectivity index is 1.35. The van der Waals surface area contributed by atoms with Gasteiger partial charge in [0, 0.05) is 26.2 Å². The van der Waals surface area contributed by atoms with E-state index in [2.05, 4.69) is 17.0 Å². The Kier molecular flexibility index (Phi) is 7.71. The average Bonchev–Trinajstić information content (AvgIpc) is 2.85. The number of hydrogen-bond acceptors (Lipinski definition) is 5. The fourth-order valence-corrected chi connectivity index (χ4v) is 6.14. The van der Waals surface area contributed by atoms with Crippen molar-refractivity contribution in [1.82, 2.24) is 9.80 Å². The number of benzene rings is 2. The van der Waals surface area contributed by atoms with Gasteiger partial charge in [0.25, 0.3) is 0 Å². The number of nitrogens with zero attached hydrogens (tertiary/aromatic N) is 2. The van der Waals surface area contributed by atoms with Gasteiger partial charge in [0.05, 0.1) is 18.6 Å². The molecule has 7 heteroatoms. The van der Waals surface area contributed by atoms with Crippen molar-refractivity contribution in [3.05, 3.63) is 65.7 Å². The maximum absolute atomic E-state index is 13.6. The topological polar surface area (TPSA) is 66.9 Å². The van der Waals surface area contributed by atoms with Crippen LogP contribution < -0.4 is 4.74 Å². The van der Waals surface area contributed by atoms with E-state index in [0.29, 0.717) is 19.0 Å². The van der Waals surface area contributed by atoms with Crippen molar-refractivity contribution in [3.63, 3.8) is 0 Å². The molecule has 0 spiro atoms. The van der Waals surface area contributed by atoms with Crippen molar-refractivity contribution in [2.45, 2.75) is 31.7 Å². The molecule has 2 heterocycles. The van der Waals surface area contributed by atoms with Crippen molar-refractivity contribution in [2.75, 3.05) is 44.8 Å². The van der Waals surface area contributed by atoms with Gasteiger partial charge in [-0.05, 0) is 54.9 Å². The second-order valence-electron chi connectivity index (χ2n) is 9.16. The number of carbonyl (C=O) groups excluding carboxylic acids is 1. The van der Waals surface area contributed by atoms with Crippen LogP contribution in [0.15, 0.2) is 54.6 Å². The summed E-state index contributed by atoms with van der Waals surface area (Å²) in [6.07, 6.45) is 4.19. The Morgan fingerprint density at radius 3 is 2.21 bits per heavy atom. The number of rotatable bonds is 7. The van der Waals surface area contributed by atoms with Crippen molar-refractivity contribution in [1.29, 1.82) is 0 Å². The normalized spacial score (nSPS) is 20.3. The zero-order valence-corrected chi connectivity index (χ0v) is 20.2. The Bertz CT molecular complexity index is 1000. The van der Waals surface area contributed by atoms with Gasteiger partial charge in [-0.2, -0.15) is 0 Å². The Labute approximate surface area is 197 Å². The molecule has 0 N–H and O–H groups in total. The summed E-state index contributed by atoms with van der Waals surface area (Å²) >= 11 is 0. The smallest absolute Gasteiger partial charge is 0.244 e. The molecule has 2 aromatic carbocycles. The monoisotopic (exact) mass is 470 g/mol. The molecule has 1 amide bonds. The summed E-state index contributed by atoms with van der Waals surface area (Å²) in [6, 6.07) is 17.7. The van der Waals surface area contributed by atoms with E-state index in [1.807, 2.05) is 47.4 Å². The van der Waals surface area contributed by atoms with Crippen LogP contribution in [-0.2, 0) is 21.1 Å². The average molecular weight is 471 g/mol. The molecule has 2 saturated heterocycles. The van der Waals surface area contributed by atoms with Crippen molar-refractivity contribution >= 4 is 15.7 Å². The largest absolute Gasteiger partial charge is 0.497 e. The number of carbonyl (C=O) groups is 1. The first-order valence-corrected chi connectivity index (χ1v) is 13.7. The minimum Gasteiger partial charge on any atom is -0.497 e. The molecule has 2 fully saturated rings. The van der Waals surface area contributed by atoms with E-state index in [1.165, 1.54) is 5.56 Å². The first kappa shape index (κ1) is 23.8. The Hall–Kier alpha value is -2.38. The van der Waals surface area contributed by atoms with Crippen molar-refractivity contribution < 1.29 is 17.9 Å². The van der Waals surface area contributed by atoms with Crippen molar-refractivity contribution in [2.24, 2.45) is 5.92 Å². The molecule has 0 radical (unpaired) electrons. The molecule has 2 aliphatic rings. The third-order valence-corrected chi connectivity index (χ3v) is 8.63. The van der Waals surface area contributed by atoms with Gasteiger partial charge in [0.2, 0.25) is 5.91 Å². The molecular formula is C26H34N2O4S. The van der Waals surface area contributed by atoms with Crippen LogP contribution in [0.2, 0.25) is 0 Å². The Morgan fingerprint density at radius 2 is 1.61 bits per heavy atom. The summed E-state index contributed by atoms with van der Waals surface area (Å²) in [6.45, 7) is 2.35. The molecule has 33 heavy (non-hydrogen) atoms. The van der Waals surface area contributed by atoms with Gasteiger partial charge in [0.15, 0.2) is 9.84 Å². The van der Waals surface area contributed by atoms with E-state index in [4.69, 9.17) is 4.74 Å². The fourth-order valence-electron chi connectivity index (χ4n) is 4.91. The zero-order chi connectivity index (χ0) is 23.3. The summed E-state index contributed by atoms with van der Waals surface area (Å²) in [5, 5.41) is 0. The van der Waals surface area contributed by atoms with E-state index in [0.717, 1.165) is 50.1 Å². The van der Waals surface area contributed by atoms with Gasteiger partial charge in [-0.25, -0.2) is 8.42 Å². The molecule has 0 aliphatic carbocycles. The SMILES string of the molecule is COc1ccc(CCC2CCN(C(=O)C(c3ccccc3)N3CCS(=O)(=O)CC3)CC2)cc1. The molecular weight excluding hydrogens is 436 g/mol. The van der Waals surface area contributed by atoms with E-state index in [1.54, 1.807) is 7.11 Å². The lowest BCUT2D eigenvalue weighted by atomic mass is 9.90. The van der Waals surface area contributed by atoms with E-state index in [-0.39, 0.29) is 17.4 Å². The van der Waals surface area contributed by atoms with Gasteiger partial charge in [0.1, 0.15) is 11.8 Å².